The maximum absolute atomic E-state index is 13.8. The molecule has 5 rings (SSSR count). The number of nitrogens with one attached hydrogen (secondary N) is 3. The number of fused-ring (bicyclic) bond motifs is 1. The first-order valence-electron chi connectivity index (χ1n) is 15.9. The normalized spacial score (nSPS) is 15.9. The first-order chi connectivity index (χ1) is 24.0. The van der Waals surface area contributed by atoms with Crippen molar-refractivity contribution in [3.05, 3.63) is 118 Å². The van der Waals surface area contributed by atoms with Crippen LogP contribution < -0.4 is 27.3 Å². The first kappa shape index (κ1) is 35.8. The Morgan fingerprint density at radius 1 is 0.980 bits per heavy atom. The van der Waals surface area contributed by atoms with Crippen molar-refractivity contribution in [2.75, 3.05) is 11.6 Å². The summed E-state index contributed by atoms with van der Waals surface area (Å²) in [7, 11) is 0. The molecule has 0 radical (unpaired) electrons. The van der Waals surface area contributed by atoms with E-state index < -0.39 is 65.5 Å². The molecule has 50 heavy (non-hydrogen) atoms. The van der Waals surface area contributed by atoms with Gasteiger partial charge in [0, 0.05) is 17.7 Å². The lowest BCUT2D eigenvalue weighted by atomic mass is 9.99. The molecule has 4 atom stereocenters. The molecule has 0 bridgehead atoms. The van der Waals surface area contributed by atoms with Crippen molar-refractivity contribution in [1.82, 2.24) is 20.9 Å². The predicted octanol–water partition coefficient (Wildman–Crippen LogP) is 1.38. The van der Waals surface area contributed by atoms with E-state index in [1.165, 1.54) is 22.7 Å². The number of thioether (sulfide) groups is 1. The summed E-state index contributed by atoms with van der Waals surface area (Å²) in [6, 6.07) is 20.5. The van der Waals surface area contributed by atoms with E-state index in [1.807, 2.05) is 31.2 Å². The average Bonchev–Trinajstić information content (AvgIpc) is 3.60. The maximum atomic E-state index is 13.8. The molecule has 1 saturated heterocycles. The van der Waals surface area contributed by atoms with Gasteiger partial charge in [0.1, 0.15) is 23.2 Å². The van der Waals surface area contributed by atoms with E-state index in [-0.39, 0.29) is 30.3 Å². The van der Waals surface area contributed by atoms with Gasteiger partial charge in [0.15, 0.2) is 6.10 Å². The SMILES string of the molecule is Cc1ccccc1CNC(=O)[C@@H]1CSCN1C(=O)[C@@H](O)[C@H](Cc1ccccc1)NC(=O)[C@H](CC(N)=O)NC(=O)c1cc2ccccc2oc1=O. The smallest absolute Gasteiger partial charge is 0.349 e. The number of aliphatic hydroxyl groups excluding tert-OH is 1. The fourth-order valence-electron chi connectivity index (χ4n) is 5.59. The van der Waals surface area contributed by atoms with Gasteiger partial charge < -0.3 is 36.1 Å². The molecular formula is C36H37N5O8S. The molecule has 0 spiro atoms. The van der Waals surface area contributed by atoms with E-state index in [0.717, 1.165) is 11.1 Å². The van der Waals surface area contributed by atoms with Crippen LogP contribution in [-0.4, -0.2) is 75.4 Å². The van der Waals surface area contributed by atoms with Crippen LogP contribution in [0.15, 0.2) is 94.1 Å². The van der Waals surface area contributed by atoms with Gasteiger partial charge in [-0.2, -0.15) is 0 Å². The molecule has 1 aliphatic heterocycles. The van der Waals surface area contributed by atoms with Crippen molar-refractivity contribution >= 4 is 52.3 Å². The van der Waals surface area contributed by atoms with Crippen molar-refractivity contribution in [3.63, 3.8) is 0 Å². The van der Waals surface area contributed by atoms with Gasteiger partial charge in [-0.1, -0.05) is 72.8 Å². The van der Waals surface area contributed by atoms with Gasteiger partial charge in [0.2, 0.25) is 17.7 Å². The van der Waals surface area contributed by atoms with Crippen LogP contribution in [0.2, 0.25) is 0 Å². The lowest BCUT2D eigenvalue weighted by Gasteiger charge is -2.30. The van der Waals surface area contributed by atoms with E-state index in [2.05, 4.69) is 16.0 Å². The molecule has 1 fully saturated rings. The van der Waals surface area contributed by atoms with Gasteiger partial charge in [-0.25, -0.2) is 4.79 Å². The number of amides is 5. The summed E-state index contributed by atoms with van der Waals surface area (Å²) >= 11 is 1.35. The average molecular weight is 700 g/mol. The van der Waals surface area contributed by atoms with Crippen molar-refractivity contribution in [3.8, 4) is 0 Å². The number of carbonyl (C=O) groups is 5. The van der Waals surface area contributed by atoms with Crippen LogP contribution in [0.5, 0.6) is 0 Å². The Bertz CT molecular complexity index is 1950. The van der Waals surface area contributed by atoms with Gasteiger partial charge in [0.05, 0.1) is 18.3 Å². The number of aliphatic hydroxyl groups is 1. The molecule has 260 valence electrons. The highest BCUT2D eigenvalue weighted by Gasteiger charge is 2.40. The molecule has 0 aliphatic carbocycles. The Morgan fingerprint density at radius 2 is 1.68 bits per heavy atom. The summed E-state index contributed by atoms with van der Waals surface area (Å²) in [5, 5.41) is 19.8. The van der Waals surface area contributed by atoms with Gasteiger partial charge in [-0.15, -0.1) is 11.8 Å². The second-order valence-electron chi connectivity index (χ2n) is 11.9. The number of primary amides is 1. The second kappa shape index (κ2) is 16.3. The molecule has 4 aromatic rings. The van der Waals surface area contributed by atoms with Crippen LogP contribution in [0.1, 0.15) is 33.5 Å². The largest absolute Gasteiger partial charge is 0.422 e. The van der Waals surface area contributed by atoms with E-state index in [4.69, 9.17) is 10.2 Å². The molecule has 3 aromatic carbocycles. The fourth-order valence-corrected chi connectivity index (χ4v) is 6.75. The minimum absolute atomic E-state index is 0.0177. The van der Waals surface area contributed by atoms with Crippen molar-refractivity contribution in [1.29, 1.82) is 0 Å². The summed E-state index contributed by atoms with van der Waals surface area (Å²) in [4.78, 5) is 79.8. The summed E-state index contributed by atoms with van der Waals surface area (Å²) in [6.45, 7) is 2.19. The third kappa shape index (κ3) is 8.76. The monoisotopic (exact) mass is 699 g/mol. The minimum Gasteiger partial charge on any atom is -0.422 e. The van der Waals surface area contributed by atoms with Crippen molar-refractivity contribution in [2.45, 2.75) is 50.5 Å². The van der Waals surface area contributed by atoms with Gasteiger partial charge in [-0.05, 0) is 42.2 Å². The molecule has 13 nitrogen and oxygen atoms in total. The molecule has 6 N–H and O–H groups in total. The van der Waals surface area contributed by atoms with E-state index in [0.29, 0.717) is 16.7 Å². The van der Waals surface area contributed by atoms with Crippen molar-refractivity contribution in [2.24, 2.45) is 5.73 Å². The van der Waals surface area contributed by atoms with E-state index >= 15 is 0 Å². The summed E-state index contributed by atoms with van der Waals surface area (Å²) in [5.74, 6) is -3.57. The van der Waals surface area contributed by atoms with Crippen LogP contribution >= 0.6 is 11.8 Å². The Balaban J connectivity index is 1.33. The molecule has 1 aromatic heterocycles. The molecule has 0 saturated carbocycles. The molecule has 2 heterocycles. The fraction of sp³-hybridized carbons (Fsp3) is 0.278. The number of benzene rings is 3. The maximum Gasteiger partial charge on any atom is 0.349 e. The quantitative estimate of drug-likeness (QED) is 0.128. The zero-order chi connectivity index (χ0) is 35.8. The highest BCUT2D eigenvalue weighted by Crippen LogP contribution is 2.23. The zero-order valence-electron chi connectivity index (χ0n) is 27.2. The Hall–Kier alpha value is -5.47. The number of para-hydroxylation sites is 1. The lowest BCUT2D eigenvalue weighted by molar-refractivity contribution is -0.146. The van der Waals surface area contributed by atoms with Crippen LogP contribution in [-0.2, 0) is 32.1 Å². The zero-order valence-corrected chi connectivity index (χ0v) is 28.0. The molecule has 14 heteroatoms. The van der Waals surface area contributed by atoms with Crippen LogP contribution in [0.3, 0.4) is 0 Å². The standard InChI is InChI=1S/C36H37N5O8S/c1-21-9-5-6-13-24(21)18-38-34(46)28-19-50-20-41(28)35(47)31(43)26(15-22-10-3-2-4-11-22)39-33(45)27(17-30(37)42)40-32(44)25-16-23-12-7-8-14-29(23)49-36(25)48/h2-14,16,26-28,31,43H,15,17-20H2,1H3,(H2,37,42)(H,38,46)(H,39,45)(H,40,44)/t26-,27-,28-,31-/m0/s1. The number of nitrogens with two attached hydrogens (primary N) is 1. The third-order valence-corrected chi connectivity index (χ3v) is 9.37. The predicted molar refractivity (Wildman–Crippen MR) is 187 cm³/mol. The second-order valence-corrected chi connectivity index (χ2v) is 12.9. The Labute approximate surface area is 291 Å². The van der Waals surface area contributed by atoms with E-state index in [1.54, 1.807) is 54.6 Å². The molecule has 5 amide bonds. The highest BCUT2D eigenvalue weighted by atomic mass is 32.2. The molecular weight excluding hydrogens is 662 g/mol. The Kier molecular flexibility index (Phi) is 11.7. The number of hydrogen-bond donors (Lipinski definition) is 5. The minimum atomic E-state index is -1.82. The summed E-state index contributed by atoms with van der Waals surface area (Å²) in [6.07, 6.45) is -2.48. The van der Waals surface area contributed by atoms with Gasteiger partial charge in [0.25, 0.3) is 11.8 Å². The topological polar surface area (TPSA) is 201 Å². The molecule has 0 unspecified atom stereocenters. The first-order valence-corrected chi connectivity index (χ1v) is 17.0. The van der Waals surface area contributed by atoms with Crippen LogP contribution in [0.4, 0.5) is 0 Å². The van der Waals surface area contributed by atoms with Gasteiger partial charge in [-0.3, -0.25) is 24.0 Å². The number of carbonyl (C=O) groups excluding carboxylic acids is 5. The van der Waals surface area contributed by atoms with Crippen LogP contribution in [0.25, 0.3) is 11.0 Å². The van der Waals surface area contributed by atoms with E-state index in [9.17, 15) is 33.9 Å². The summed E-state index contributed by atoms with van der Waals surface area (Å²) < 4.78 is 5.23. The number of rotatable bonds is 13. The summed E-state index contributed by atoms with van der Waals surface area (Å²) in [5.41, 5.74) is 6.90. The third-order valence-electron chi connectivity index (χ3n) is 8.36. The van der Waals surface area contributed by atoms with Crippen LogP contribution in [0, 0.1) is 6.92 Å². The number of nitrogens with zero attached hydrogens (tertiary/aromatic N) is 1. The Morgan fingerprint density at radius 3 is 2.42 bits per heavy atom. The van der Waals surface area contributed by atoms with Crippen molar-refractivity contribution < 1.29 is 33.5 Å². The van der Waals surface area contributed by atoms with Gasteiger partial charge >= 0.3 is 5.63 Å². The number of hydrogen-bond acceptors (Lipinski definition) is 9. The highest BCUT2D eigenvalue weighted by molar-refractivity contribution is 7.99. The molecule has 1 aliphatic rings. The number of aryl methyl sites for hydroxylation is 1. The lowest BCUT2D eigenvalue weighted by Crippen LogP contribution is -2.59.